The van der Waals surface area contributed by atoms with Crippen molar-refractivity contribution in [2.75, 3.05) is 13.7 Å². The van der Waals surface area contributed by atoms with Gasteiger partial charge >= 0.3 is 0 Å². The number of allylic oxidation sites excluding steroid dienone is 1. The van der Waals surface area contributed by atoms with E-state index in [2.05, 4.69) is 11.9 Å². The van der Waals surface area contributed by atoms with Crippen molar-refractivity contribution in [3.8, 4) is 0 Å². The quantitative estimate of drug-likeness (QED) is 0.213. The molecule has 0 radical (unpaired) electrons. The molecule has 1 unspecified atom stereocenters. The highest BCUT2D eigenvalue weighted by Gasteiger charge is 2.23. The van der Waals surface area contributed by atoms with E-state index in [-0.39, 0.29) is 16.8 Å². The molecule has 0 aromatic rings. The lowest BCUT2D eigenvalue weighted by molar-refractivity contribution is 0.256. The average Bonchev–Trinajstić information content (AvgIpc) is 3.13. The first-order valence-electron chi connectivity index (χ1n) is 9.09. The largest absolute Gasteiger partial charge is 0.507 e. The van der Waals surface area contributed by atoms with E-state index in [4.69, 9.17) is 4.74 Å². The maximum atomic E-state index is 11.3. The van der Waals surface area contributed by atoms with Crippen LogP contribution in [0.1, 0.15) is 71.1 Å². The van der Waals surface area contributed by atoms with Crippen LogP contribution in [-0.2, 0) is 9.53 Å². The Morgan fingerprint density at radius 2 is 1.83 bits per heavy atom. The monoisotopic (exact) mass is 353 g/mol. The van der Waals surface area contributed by atoms with Gasteiger partial charge in [0.05, 0.1) is 30.0 Å². The van der Waals surface area contributed by atoms with Crippen molar-refractivity contribution in [2.45, 2.75) is 76.4 Å². The molecule has 4 nitrogen and oxygen atoms in total. The fourth-order valence-corrected chi connectivity index (χ4v) is 3.53. The van der Waals surface area contributed by atoms with Gasteiger partial charge in [-0.1, -0.05) is 58.3 Å². The summed E-state index contributed by atoms with van der Waals surface area (Å²) in [6, 6.07) is 0. The Morgan fingerprint density at radius 1 is 1.21 bits per heavy atom. The van der Waals surface area contributed by atoms with Gasteiger partial charge in [-0.25, -0.2) is 4.79 Å². The maximum Gasteiger partial charge on any atom is 0.171 e. The molecule has 0 saturated carbocycles. The fourth-order valence-electron chi connectivity index (χ4n) is 2.80. The van der Waals surface area contributed by atoms with Crippen molar-refractivity contribution < 1.29 is 14.6 Å². The minimum Gasteiger partial charge on any atom is -0.507 e. The summed E-state index contributed by atoms with van der Waals surface area (Å²) in [5, 5.41) is 10.2. The molecule has 136 valence electrons. The molecule has 0 fully saturated rings. The molecule has 24 heavy (non-hydrogen) atoms. The first kappa shape index (κ1) is 20.9. The second-order valence-corrected chi connectivity index (χ2v) is 7.22. The molecule has 0 saturated heterocycles. The van der Waals surface area contributed by atoms with Crippen LogP contribution >= 0.6 is 11.8 Å². The summed E-state index contributed by atoms with van der Waals surface area (Å²) in [5.74, 6) is 2.35. The second kappa shape index (κ2) is 13.1. The minimum atomic E-state index is -0.147. The molecule has 0 aliphatic carbocycles. The topological polar surface area (TPSA) is 58.9 Å². The Kier molecular flexibility index (Phi) is 11.4. The van der Waals surface area contributed by atoms with Crippen molar-refractivity contribution >= 4 is 23.2 Å². The maximum absolute atomic E-state index is 11.3. The van der Waals surface area contributed by atoms with Crippen molar-refractivity contribution in [2.24, 2.45) is 4.99 Å². The van der Waals surface area contributed by atoms with E-state index in [1.54, 1.807) is 5.55 Å². The van der Waals surface area contributed by atoms with Crippen LogP contribution in [-0.4, -0.2) is 35.5 Å². The number of aliphatic hydroxyl groups is 1. The van der Waals surface area contributed by atoms with Crippen molar-refractivity contribution in [1.82, 2.24) is 0 Å². The van der Waals surface area contributed by atoms with E-state index >= 15 is 0 Å². The lowest BCUT2D eigenvalue weighted by atomic mass is 10.0. The lowest BCUT2D eigenvalue weighted by Crippen LogP contribution is -2.12. The second-order valence-electron chi connectivity index (χ2n) is 6.17. The summed E-state index contributed by atoms with van der Waals surface area (Å²) < 4.78 is 5.27. The summed E-state index contributed by atoms with van der Waals surface area (Å²) in [5.41, 5.74) is 2.16. The smallest absolute Gasteiger partial charge is 0.171 e. The zero-order valence-electron chi connectivity index (χ0n) is 15.1. The van der Waals surface area contributed by atoms with Gasteiger partial charge in [0, 0.05) is 0 Å². The number of rotatable bonds is 13. The van der Waals surface area contributed by atoms with Crippen LogP contribution in [0.4, 0.5) is 0 Å². The highest BCUT2D eigenvalue weighted by Crippen LogP contribution is 2.27. The van der Waals surface area contributed by atoms with Gasteiger partial charge in [-0.15, -0.1) is 11.8 Å². The Labute approximate surface area is 150 Å². The third kappa shape index (κ3) is 7.59. The van der Waals surface area contributed by atoms with Gasteiger partial charge in [0.15, 0.2) is 11.5 Å². The fraction of sp³-hybridized carbons (Fsp3) is 0.737. The molecule has 0 aromatic carbocycles. The SMILES string of the molecule is CCCCCCCCCCCC(=C=O)/C(OC)=C(/O)C1CN=CS1. The standard InChI is InChI=1S/C19H31NO3S/c1-3-4-5-6-7-8-9-10-11-12-16(14-21)19(23-2)18(22)17-13-20-15-24-17/h15,17,22H,3-13H2,1-2H3/b19-18-. The van der Waals surface area contributed by atoms with Crippen LogP contribution in [0.15, 0.2) is 22.1 Å². The number of aliphatic imine (C=N–C) groups is 1. The van der Waals surface area contributed by atoms with Gasteiger partial charge in [-0.3, -0.25) is 4.99 Å². The molecular weight excluding hydrogens is 322 g/mol. The summed E-state index contributed by atoms with van der Waals surface area (Å²) in [6.07, 6.45) is 11.7. The number of unbranched alkanes of at least 4 members (excludes halogenated alkanes) is 8. The summed E-state index contributed by atoms with van der Waals surface area (Å²) in [6.45, 7) is 2.75. The predicted octanol–water partition coefficient (Wildman–Crippen LogP) is 5.23. The third-order valence-corrected chi connectivity index (χ3v) is 5.21. The normalized spacial score (nSPS) is 17.5. The average molecular weight is 354 g/mol. The van der Waals surface area contributed by atoms with Crippen LogP contribution in [0, 0.1) is 0 Å². The van der Waals surface area contributed by atoms with Gasteiger partial charge in [-0.2, -0.15) is 0 Å². The molecule has 0 amide bonds. The number of hydrogen-bond acceptors (Lipinski definition) is 5. The van der Waals surface area contributed by atoms with Crippen LogP contribution in [0.5, 0.6) is 0 Å². The van der Waals surface area contributed by atoms with E-state index in [1.165, 1.54) is 63.8 Å². The third-order valence-electron chi connectivity index (χ3n) is 4.24. The van der Waals surface area contributed by atoms with Gasteiger partial charge in [0.1, 0.15) is 5.94 Å². The van der Waals surface area contributed by atoms with E-state index in [0.29, 0.717) is 18.5 Å². The number of aliphatic hydroxyl groups excluding tert-OH is 1. The Balaban J connectivity index is 2.31. The van der Waals surface area contributed by atoms with E-state index in [0.717, 1.165) is 12.8 Å². The van der Waals surface area contributed by atoms with Crippen molar-refractivity contribution in [3.05, 3.63) is 17.1 Å². The van der Waals surface area contributed by atoms with Crippen LogP contribution in [0.2, 0.25) is 0 Å². The van der Waals surface area contributed by atoms with Crippen molar-refractivity contribution in [3.63, 3.8) is 0 Å². The van der Waals surface area contributed by atoms with Gasteiger partial charge in [0.2, 0.25) is 0 Å². The lowest BCUT2D eigenvalue weighted by Gasteiger charge is -2.14. The number of thioether (sulfide) groups is 1. The molecule has 1 aliphatic heterocycles. The molecule has 1 rings (SSSR count). The molecule has 1 aliphatic rings. The molecule has 0 aromatic heterocycles. The van der Waals surface area contributed by atoms with Crippen LogP contribution in [0.3, 0.4) is 0 Å². The van der Waals surface area contributed by atoms with E-state index < -0.39 is 0 Å². The highest BCUT2D eigenvalue weighted by atomic mass is 32.2. The molecule has 5 heteroatoms. The Hall–Kier alpha value is -1.19. The number of carbonyl (C=O) groups excluding carboxylic acids is 1. The Morgan fingerprint density at radius 3 is 2.33 bits per heavy atom. The summed E-state index contributed by atoms with van der Waals surface area (Å²) in [4.78, 5) is 15.4. The number of methoxy groups -OCH3 is 1. The number of nitrogens with zero attached hydrogens (tertiary/aromatic N) is 1. The minimum absolute atomic E-state index is 0.106. The van der Waals surface area contributed by atoms with Gasteiger partial charge < -0.3 is 9.84 Å². The van der Waals surface area contributed by atoms with Gasteiger partial charge in [-0.05, 0) is 12.8 Å². The molecule has 0 bridgehead atoms. The molecular formula is C19H31NO3S. The zero-order valence-corrected chi connectivity index (χ0v) is 15.9. The number of hydrogen-bond donors (Lipinski definition) is 1. The first-order chi connectivity index (χ1) is 11.7. The summed E-state index contributed by atoms with van der Waals surface area (Å²) in [7, 11) is 1.49. The predicted molar refractivity (Wildman–Crippen MR) is 102 cm³/mol. The van der Waals surface area contributed by atoms with Crippen molar-refractivity contribution in [1.29, 1.82) is 0 Å². The van der Waals surface area contributed by atoms with E-state index in [9.17, 15) is 9.90 Å². The Bertz CT molecular complexity index is 459. The number of ether oxygens (including phenoxy) is 1. The first-order valence-corrected chi connectivity index (χ1v) is 10.0. The highest BCUT2D eigenvalue weighted by molar-refractivity contribution is 8.13. The molecule has 0 spiro atoms. The van der Waals surface area contributed by atoms with Crippen LogP contribution in [0.25, 0.3) is 0 Å². The molecule has 1 atom stereocenters. The van der Waals surface area contributed by atoms with Gasteiger partial charge in [0.25, 0.3) is 0 Å². The van der Waals surface area contributed by atoms with Crippen LogP contribution < -0.4 is 0 Å². The zero-order chi connectivity index (χ0) is 17.6. The summed E-state index contributed by atoms with van der Waals surface area (Å²) >= 11 is 1.44. The molecule has 1 N–H and O–H groups in total. The van der Waals surface area contributed by atoms with E-state index in [1.807, 2.05) is 5.94 Å². The molecule has 1 heterocycles.